The Morgan fingerprint density at radius 2 is 1.37 bits per heavy atom. The van der Waals surface area contributed by atoms with Crippen molar-refractivity contribution in [1.29, 1.82) is 0 Å². The molecule has 0 fully saturated rings. The van der Waals surface area contributed by atoms with Gasteiger partial charge in [0.25, 0.3) is 0 Å². The van der Waals surface area contributed by atoms with Gasteiger partial charge in [0.2, 0.25) is 0 Å². The maximum Gasteiger partial charge on any atom is 0.119 e. The van der Waals surface area contributed by atoms with Crippen LogP contribution in [0.4, 0.5) is 0 Å². The minimum atomic E-state index is 0.406. The number of hydrogen-bond acceptors (Lipinski definition) is 1. The first kappa shape index (κ1) is 19.5. The second-order valence-electron chi connectivity index (χ2n) is 6.04. The number of allylic oxidation sites excluding steroid dienone is 1. The molecule has 0 N–H and O–H groups in total. The second kappa shape index (κ2) is 9.64. The predicted molar refractivity (Wildman–Crippen MR) is 116 cm³/mol. The van der Waals surface area contributed by atoms with Crippen molar-refractivity contribution in [2.75, 3.05) is 12.5 Å². The Morgan fingerprint density at radius 1 is 0.778 bits per heavy atom. The Bertz CT molecular complexity index is 882. The number of hydrogen-bond donors (Lipinski definition) is 0. The maximum atomic E-state index is 6.18. The van der Waals surface area contributed by atoms with Gasteiger partial charge in [-0.2, -0.15) is 0 Å². The summed E-state index contributed by atoms with van der Waals surface area (Å²) in [6.45, 7) is 4.13. The molecule has 3 aromatic carbocycles. The van der Waals surface area contributed by atoms with Crippen LogP contribution in [0, 0.1) is 6.92 Å². The minimum absolute atomic E-state index is 0.406. The molecule has 0 atom stereocenters. The Labute approximate surface area is 171 Å². The molecule has 1 nitrogen and oxygen atoms in total. The van der Waals surface area contributed by atoms with Crippen molar-refractivity contribution in [3.05, 3.63) is 107 Å². The van der Waals surface area contributed by atoms with Crippen LogP contribution < -0.4 is 4.74 Å². The molecule has 0 aliphatic rings. The Balaban J connectivity index is 2.19. The molecule has 0 aliphatic heterocycles. The van der Waals surface area contributed by atoms with Gasteiger partial charge in [-0.1, -0.05) is 66.2 Å². The van der Waals surface area contributed by atoms with Crippen molar-refractivity contribution in [2.45, 2.75) is 6.42 Å². The van der Waals surface area contributed by atoms with Gasteiger partial charge >= 0.3 is 0 Å². The first-order valence-electron chi connectivity index (χ1n) is 8.86. The van der Waals surface area contributed by atoms with E-state index < -0.39 is 0 Å². The Hall–Kier alpha value is -2.22. The highest BCUT2D eigenvalue weighted by molar-refractivity contribution is 6.30. The smallest absolute Gasteiger partial charge is 0.119 e. The molecule has 137 valence electrons. The van der Waals surface area contributed by atoms with Gasteiger partial charge in [0, 0.05) is 10.9 Å². The zero-order valence-corrected chi connectivity index (χ0v) is 16.5. The first-order chi connectivity index (χ1) is 13.2. The van der Waals surface area contributed by atoms with Crippen molar-refractivity contribution in [1.82, 2.24) is 0 Å². The van der Waals surface area contributed by atoms with Gasteiger partial charge in [-0.25, -0.2) is 0 Å². The summed E-state index contributed by atoms with van der Waals surface area (Å²) in [5, 5.41) is 0.722. The van der Waals surface area contributed by atoms with Gasteiger partial charge in [-0.05, 0) is 65.4 Å². The molecule has 0 heterocycles. The molecular weight excluding hydrogens is 375 g/mol. The van der Waals surface area contributed by atoms with Crippen LogP contribution in [0.3, 0.4) is 0 Å². The van der Waals surface area contributed by atoms with E-state index in [2.05, 4.69) is 43.3 Å². The van der Waals surface area contributed by atoms with E-state index in [1.165, 1.54) is 11.1 Å². The zero-order valence-electron chi connectivity index (χ0n) is 15.0. The van der Waals surface area contributed by atoms with E-state index in [-0.39, 0.29) is 0 Å². The van der Waals surface area contributed by atoms with Gasteiger partial charge in [0.1, 0.15) is 5.75 Å². The van der Waals surface area contributed by atoms with Gasteiger partial charge in [-0.3, -0.25) is 0 Å². The minimum Gasteiger partial charge on any atom is -0.494 e. The van der Waals surface area contributed by atoms with Gasteiger partial charge < -0.3 is 4.74 Å². The summed E-state index contributed by atoms with van der Waals surface area (Å²) in [6.07, 6.45) is 0.755. The van der Waals surface area contributed by atoms with E-state index in [0.717, 1.165) is 33.9 Å². The molecule has 1 radical (unpaired) electrons. The lowest BCUT2D eigenvalue weighted by molar-refractivity contribution is 0.361. The van der Waals surface area contributed by atoms with E-state index in [4.69, 9.17) is 27.9 Å². The van der Waals surface area contributed by atoms with Crippen LogP contribution in [-0.2, 0) is 0 Å². The fourth-order valence-corrected chi connectivity index (χ4v) is 3.43. The highest BCUT2D eigenvalue weighted by Gasteiger charge is 2.14. The highest BCUT2D eigenvalue weighted by atomic mass is 35.5. The molecule has 0 aliphatic carbocycles. The fourth-order valence-electron chi connectivity index (χ4n) is 3.11. The number of ether oxygens (including phenoxy) is 1. The third-order valence-electron chi connectivity index (χ3n) is 4.31. The van der Waals surface area contributed by atoms with Crippen LogP contribution in [0.15, 0.2) is 78.9 Å². The van der Waals surface area contributed by atoms with Gasteiger partial charge in [0.05, 0.1) is 6.61 Å². The average Bonchev–Trinajstić information content (AvgIpc) is 2.71. The number of benzene rings is 3. The lowest BCUT2D eigenvalue weighted by Crippen LogP contribution is -1.97. The van der Waals surface area contributed by atoms with Crippen molar-refractivity contribution in [2.24, 2.45) is 0 Å². The molecule has 0 bridgehead atoms. The van der Waals surface area contributed by atoms with E-state index in [9.17, 15) is 0 Å². The monoisotopic (exact) mass is 395 g/mol. The summed E-state index contributed by atoms with van der Waals surface area (Å²) in [4.78, 5) is 0. The van der Waals surface area contributed by atoms with Crippen molar-refractivity contribution in [3.8, 4) is 5.75 Å². The number of halogens is 2. The third-order valence-corrected chi connectivity index (χ3v) is 4.75. The molecule has 0 unspecified atom stereocenters. The Kier molecular flexibility index (Phi) is 6.98. The zero-order chi connectivity index (χ0) is 19.1. The van der Waals surface area contributed by atoms with Crippen LogP contribution in [-0.4, -0.2) is 12.5 Å². The van der Waals surface area contributed by atoms with Crippen LogP contribution in [0.5, 0.6) is 5.75 Å². The largest absolute Gasteiger partial charge is 0.494 e. The van der Waals surface area contributed by atoms with Crippen LogP contribution in [0.2, 0.25) is 5.02 Å². The quantitative estimate of drug-likeness (QED) is 0.305. The van der Waals surface area contributed by atoms with E-state index in [0.29, 0.717) is 12.5 Å². The summed E-state index contributed by atoms with van der Waals surface area (Å²) < 4.78 is 5.49. The molecule has 27 heavy (non-hydrogen) atoms. The average molecular weight is 396 g/mol. The fraction of sp³-hybridized carbons (Fsp3) is 0.125. The lowest BCUT2D eigenvalue weighted by Gasteiger charge is -2.17. The van der Waals surface area contributed by atoms with E-state index in [1.54, 1.807) is 0 Å². The van der Waals surface area contributed by atoms with Crippen LogP contribution in [0.1, 0.15) is 23.1 Å². The molecular formula is C24H21Cl2O. The van der Waals surface area contributed by atoms with E-state index >= 15 is 0 Å². The second-order valence-corrected chi connectivity index (χ2v) is 6.85. The molecule has 0 amide bonds. The molecule has 3 heteroatoms. The topological polar surface area (TPSA) is 9.23 Å². The van der Waals surface area contributed by atoms with E-state index in [1.807, 2.05) is 42.5 Å². The predicted octanol–water partition coefficient (Wildman–Crippen LogP) is 7.14. The van der Waals surface area contributed by atoms with Crippen molar-refractivity contribution < 1.29 is 4.74 Å². The lowest BCUT2D eigenvalue weighted by atomic mass is 9.88. The molecule has 0 spiro atoms. The normalized spacial score (nSPS) is 11.8. The standard InChI is InChI=1S/C24H21Cl2O/c1-2-27-22-14-10-20(11-15-22)24(19-6-4-3-5-7-19)23(16-17-25)18-8-12-21(26)13-9-18/h3-15H,1-2,16-17H2/b24-23-. The maximum absolute atomic E-state index is 6.18. The molecule has 0 saturated heterocycles. The summed E-state index contributed by atoms with van der Waals surface area (Å²) in [5.74, 6) is 1.35. The van der Waals surface area contributed by atoms with Gasteiger partial charge in [-0.15, -0.1) is 11.6 Å². The molecule has 3 rings (SSSR count). The number of rotatable bonds is 7. The van der Waals surface area contributed by atoms with Crippen molar-refractivity contribution in [3.63, 3.8) is 0 Å². The van der Waals surface area contributed by atoms with Crippen LogP contribution in [0.25, 0.3) is 11.1 Å². The SMILES string of the molecule is [CH2]COc1ccc(/C(=C(/CCCl)c2ccc(Cl)cc2)c2ccccc2)cc1. The summed E-state index contributed by atoms with van der Waals surface area (Å²) in [7, 11) is 0. The van der Waals surface area contributed by atoms with Crippen LogP contribution >= 0.6 is 23.2 Å². The third kappa shape index (κ3) is 4.94. The summed E-state index contributed by atoms with van der Waals surface area (Å²) in [5.41, 5.74) is 5.75. The van der Waals surface area contributed by atoms with Crippen molar-refractivity contribution >= 4 is 34.3 Å². The summed E-state index contributed by atoms with van der Waals surface area (Å²) >= 11 is 12.3. The number of alkyl halides is 1. The molecule has 0 aromatic heterocycles. The molecule has 3 aromatic rings. The molecule has 0 saturated carbocycles. The van der Waals surface area contributed by atoms with Gasteiger partial charge in [0.15, 0.2) is 0 Å². The Morgan fingerprint density at radius 3 is 1.96 bits per heavy atom. The first-order valence-corrected chi connectivity index (χ1v) is 9.77. The highest BCUT2D eigenvalue weighted by Crippen LogP contribution is 2.35. The summed E-state index contributed by atoms with van der Waals surface area (Å²) in [6, 6.07) is 26.4.